The lowest BCUT2D eigenvalue weighted by Crippen LogP contribution is -2.47. The highest BCUT2D eigenvalue weighted by molar-refractivity contribution is 6.07. The molecule has 0 spiro atoms. The highest BCUT2D eigenvalue weighted by Gasteiger charge is 2.67. The summed E-state index contributed by atoms with van der Waals surface area (Å²) in [6, 6.07) is 4.24. The van der Waals surface area contributed by atoms with Crippen molar-refractivity contribution in [2.45, 2.75) is 19.0 Å². The molecule has 2 saturated carbocycles. The van der Waals surface area contributed by atoms with Crippen LogP contribution in [0.2, 0.25) is 0 Å². The Morgan fingerprint density at radius 3 is 2.04 bits per heavy atom. The lowest BCUT2D eigenvalue weighted by molar-refractivity contribution is -0.149. The number of hydrogen-bond donors (Lipinski definition) is 1. The molecule has 1 saturated heterocycles. The fraction of sp³-hybridized carbons (Fsp3) is 0.450. The third-order valence-electron chi connectivity index (χ3n) is 6.55. The van der Waals surface area contributed by atoms with Crippen molar-refractivity contribution >= 4 is 17.7 Å². The maximum atomic E-state index is 12.8. The number of hydrazine groups is 1. The van der Waals surface area contributed by atoms with Crippen LogP contribution in [0.4, 0.5) is 13.2 Å². The normalized spacial score (nSPS) is 35.0. The molecule has 2 bridgehead atoms. The Labute approximate surface area is 158 Å². The predicted octanol–water partition coefficient (Wildman–Crippen LogP) is 2.33. The number of nitrogens with zero attached hydrogens (tertiary/aromatic N) is 1. The molecule has 1 aromatic carbocycles. The van der Waals surface area contributed by atoms with Crippen LogP contribution in [0.3, 0.4) is 0 Å². The van der Waals surface area contributed by atoms with Crippen molar-refractivity contribution in [1.29, 1.82) is 0 Å². The van der Waals surface area contributed by atoms with Gasteiger partial charge in [-0.25, -0.2) is 0 Å². The molecule has 1 heterocycles. The summed E-state index contributed by atoms with van der Waals surface area (Å²) >= 11 is 0. The molecule has 3 fully saturated rings. The molecule has 5 nitrogen and oxygen atoms in total. The van der Waals surface area contributed by atoms with Crippen LogP contribution in [-0.2, 0) is 27.0 Å². The Balaban J connectivity index is 1.27. The summed E-state index contributed by atoms with van der Waals surface area (Å²) in [5, 5.41) is 0.833. The third kappa shape index (κ3) is 2.50. The zero-order chi connectivity index (χ0) is 19.8. The summed E-state index contributed by atoms with van der Waals surface area (Å²) in [6.07, 6.45) is 0.466. The number of benzene rings is 1. The third-order valence-corrected chi connectivity index (χ3v) is 6.55. The van der Waals surface area contributed by atoms with E-state index in [-0.39, 0.29) is 30.1 Å². The second-order valence-corrected chi connectivity index (χ2v) is 8.07. The first kappa shape index (κ1) is 17.5. The van der Waals surface area contributed by atoms with Gasteiger partial charge in [0.05, 0.1) is 23.8 Å². The lowest BCUT2D eigenvalue weighted by Gasteiger charge is -2.37. The molecule has 1 aromatic rings. The van der Waals surface area contributed by atoms with E-state index >= 15 is 0 Å². The molecule has 5 aliphatic rings. The van der Waals surface area contributed by atoms with Crippen molar-refractivity contribution in [3.8, 4) is 0 Å². The van der Waals surface area contributed by atoms with Crippen molar-refractivity contribution in [2.75, 3.05) is 0 Å². The zero-order valence-electron chi connectivity index (χ0n) is 14.6. The second kappa shape index (κ2) is 5.68. The summed E-state index contributed by atoms with van der Waals surface area (Å²) < 4.78 is 37.9. The van der Waals surface area contributed by atoms with Gasteiger partial charge in [0.15, 0.2) is 0 Å². The quantitative estimate of drug-likeness (QED) is 0.636. The Kier molecular flexibility index (Phi) is 3.54. The number of allylic oxidation sites excluding steroid dienone is 2. The number of carbonyl (C=O) groups excluding carboxylic acids is 3. The maximum absolute atomic E-state index is 12.8. The van der Waals surface area contributed by atoms with Crippen LogP contribution in [0.25, 0.3) is 0 Å². The van der Waals surface area contributed by atoms with Crippen LogP contribution in [0, 0.1) is 35.5 Å². The van der Waals surface area contributed by atoms with Crippen LogP contribution in [0.15, 0.2) is 36.4 Å². The molecule has 4 aliphatic carbocycles. The van der Waals surface area contributed by atoms with E-state index in [1.165, 1.54) is 12.1 Å². The summed E-state index contributed by atoms with van der Waals surface area (Å²) in [7, 11) is 0. The number of halogens is 3. The Morgan fingerprint density at radius 2 is 1.54 bits per heavy atom. The Bertz CT molecular complexity index is 872. The van der Waals surface area contributed by atoms with E-state index in [1.807, 2.05) is 12.2 Å². The van der Waals surface area contributed by atoms with Crippen LogP contribution in [-0.4, -0.2) is 22.7 Å². The lowest BCUT2D eigenvalue weighted by atomic mass is 9.63. The van der Waals surface area contributed by atoms with Crippen molar-refractivity contribution in [3.05, 3.63) is 47.5 Å². The van der Waals surface area contributed by atoms with Crippen LogP contribution >= 0.6 is 0 Å². The van der Waals surface area contributed by atoms with E-state index in [1.54, 1.807) is 0 Å². The fourth-order valence-electron chi connectivity index (χ4n) is 5.23. The highest BCUT2D eigenvalue weighted by Crippen LogP contribution is 2.65. The van der Waals surface area contributed by atoms with E-state index < -0.39 is 29.5 Å². The van der Waals surface area contributed by atoms with Crippen molar-refractivity contribution in [3.63, 3.8) is 0 Å². The van der Waals surface area contributed by atoms with Gasteiger partial charge in [0.2, 0.25) is 5.91 Å². The number of nitrogens with one attached hydrogen (secondary N) is 1. The average Bonchev–Trinajstić information content (AvgIpc) is 3.43. The summed E-state index contributed by atoms with van der Waals surface area (Å²) in [5.41, 5.74) is 1.94. The van der Waals surface area contributed by atoms with Gasteiger partial charge in [-0.2, -0.15) is 18.2 Å². The number of amides is 3. The monoisotopic (exact) mass is 390 g/mol. The average molecular weight is 390 g/mol. The van der Waals surface area contributed by atoms with Crippen LogP contribution in [0.1, 0.15) is 17.5 Å². The van der Waals surface area contributed by atoms with Crippen LogP contribution in [0.5, 0.6) is 0 Å². The molecule has 6 atom stereocenters. The molecular formula is C20H17F3N2O3. The molecular weight excluding hydrogens is 373 g/mol. The standard InChI is InChI=1S/C20H17F3N2O3/c21-20(22,23)10-3-1-9(2-4-10)7-15(26)24-25-18(27)16-11-5-6-12(14-8-13(11)14)17(16)19(25)28/h1-6,11-14,16-17H,7-8H2,(H,24,26)/t11?,12?,13?,14?,16-,17?/m1/s1. The summed E-state index contributed by atoms with van der Waals surface area (Å²) in [4.78, 5) is 37.9. The fourth-order valence-corrected chi connectivity index (χ4v) is 5.23. The molecule has 28 heavy (non-hydrogen) atoms. The Morgan fingerprint density at radius 1 is 1.00 bits per heavy atom. The summed E-state index contributed by atoms with van der Waals surface area (Å²) in [6.45, 7) is 0. The first-order valence-corrected chi connectivity index (χ1v) is 9.27. The molecule has 146 valence electrons. The van der Waals surface area contributed by atoms with Gasteiger partial charge in [0.25, 0.3) is 11.8 Å². The van der Waals surface area contributed by atoms with E-state index in [0.29, 0.717) is 17.4 Å². The molecule has 1 aliphatic heterocycles. The molecule has 3 amide bonds. The molecule has 1 N–H and O–H groups in total. The number of carbonyl (C=O) groups is 3. The minimum atomic E-state index is -4.44. The molecule has 0 aromatic heterocycles. The van der Waals surface area contributed by atoms with Gasteiger partial charge in [-0.1, -0.05) is 24.3 Å². The second-order valence-electron chi connectivity index (χ2n) is 8.07. The van der Waals surface area contributed by atoms with Crippen molar-refractivity contribution in [2.24, 2.45) is 35.5 Å². The van der Waals surface area contributed by atoms with Crippen molar-refractivity contribution < 1.29 is 27.6 Å². The van der Waals surface area contributed by atoms with E-state index in [9.17, 15) is 27.6 Å². The zero-order valence-corrected chi connectivity index (χ0v) is 14.6. The molecule has 8 heteroatoms. The predicted molar refractivity (Wildman–Crippen MR) is 89.8 cm³/mol. The number of hydrogen-bond acceptors (Lipinski definition) is 3. The van der Waals surface area contributed by atoms with Crippen LogP contribution < -0.4 is 5.43 Å². The molecule has 5 unspecified atom stereocenters. The van der Waals surface area contributed by atoms with E-state index in [0.717, 1.165) is 23.6 Å². The minimum Gasteiger partial charge on any atom is -0.273 e. The van der Waals surface area contributed by atoms with Gasteiger partial charge in [-0.05, 0) is 47.8 Å². The van der Waals surface area contributed by atoms with Gasteiger partial charge in [0.1, 0.15) is 0 Å². The number of imide groups is 1. The van der Waals surface area contributed by atoms with Gasteiger partial charge < -0.3 is 0 Å². The number of rotatable bonds is 3. The Hall–Kier alpha value is -2.64. The van der Waals surface area contributed by atoms with E-state index in [2.05, 4.69) is 5.43 Å². The number of alkyl halides is 3. The first-order chi connectivity index (χ1) is 13.3. The van der Waals surface area contributed by atoms with Gasteiger partial charge in [0, 0.05) is 0 Å². The van der Waals surface area contributed by atoms with Gasteiger partial charge in [-0.15, -0.1) is 0 Å². The highest BCUT2D eigenvalue weighted by atomic mass is 19.4. The van der Waals surface area contributed by atoms with Crippen molar-refractivity contribution in [1.82, 2.24) is 10.4 Å². The minimum absolute atomic E-state index is 0.0632. The topological polar surface area (TPSA) is 66.5 Å². The summed E-state index contributed by atoms with van der Waals surface area (Å²) in [5.74, 6) is -1.10. The maximum Gasteiger partial charge on any atom is 0.416 e. The molecule has 0 radical (unpaired) electrons. The SMILES string of the molecule is O=C(Cc1ccc(C(F)(F)F)cc1)NN1C(=O)C2C3C=CC(C4CC34)[C@H]2C1=O. The van der Waals surface area contributed by atoms with E-state index in [4.69, 9.17) is 0 Å². The first-order valence-electron chi connectivity index (χ1n) is 9.27. The van der Waals surface area contributed by atoms with Gasteiger partial charge in [-0.3, -0.25) is 19.8 Å². The molecule has 6 rings (SSSR count). The van der Waals surface area contributed by atoms with Gasteiger partial charge >= 0.3 is 6.18 Å². The smallest absolute Gasteiger partial charge is 0.273 e. The largest absolute Gasteiger partial charge is 0.416 e.